The van der Waals surface area contributed by atoms with Gasteiger partial charge in [0.25, 0.3) is 0 Å². The van der Waals surface area contributed by atoms with Gasteiger partial charge in [0.05, 0.1) is 23.4 Å². The van der Waals surface area contributed by atoms with Gasteiger partial charge in [-0.05, 0) is 90.6 Å². The molecule has 8 nitrogen and oxygen atoms in total. The summed E-state index contributed by atoms with van der Waals surface area (Å²) in [4.78, 5) is 15.1. The number of ether oxygens (including phenoxy) is 1. The molecule has 0 aliphatic carbocycles. The van der Waals surface area contributed by atoms with Crippen LogP contribution in [0.4, 0.5) is 26.3 Å². The van der Waals surface area contributed by atoms with E-state index in [1.807, 2.05) is 30.5 Å². The SMILES string of the molecule is Cc1c(Nc2nc3ccccc3s2)nnc2c1CCCN2c1ncc(CCCOc2ccc(C#CCN(C(C)C)C(C)C)cc2F)s1. The standard InChI is InChI=1S/C36H40FN7OS2/c1-23(2)43(24(3)4)18-8-11-26-16-17-31(29(37)21-26)45-20-10-12-27-22-38-36(46-27)44-19-9-13-28-25(5)33(41-42-34(28)44)40-35-39-30-14-6-7-15-32(30)47-35/h6-7,14-17,21-24H,9-10,12-13,18-20H2,1-5H3,(H,39,40,41). The third-order valence-electron chi connectivity index (χ3n) is 8.26. The van der Waals surface area contributed by atoms with E-state index < -0.39 is 0 Å². The van der Waals surface area contributed by atoms with Crippen LogP contribution in [-0.2, 0) is 12.8 Å². The van der Waals surface area contributed by atoms with Crippen LogP contribution in [-0.4, -0.2) is 56.8 Å². The Morgan fingerprint density at radius 2 is 1.91 bits per heavy atom. The largest absolute Gasteiger partial charge is 0.491 e. The van der Waals surface area contributed by atoms with Crippen molar-refractivity contribution in [2.45, 2.75) is 72.4 Å². The number of aromatic nitrogens is 4. The van der Waals surface area contributed by atoms with Crippen molar-refractivity contribution in [1.82, 2.24) is 25.1 Å². The van der Waals surface area contributed by atoms with E-state index in [4.69, 9.17) is 14.7 Å². The summed E-state index contributed by atoms with van der Waals surface area (Å²) in [5, 5.41) is 14.3. The molecule has 0 unspecified atom stereocenters. The highest BCUT2D eigenvalue weighted by atomic mass is 32.1. The molecule has 2 aromatic carbocycles. The Morgan fingerprint density at radius 3 is 2.70 bits per heavy atom. The van der Waals surface area contributed by atoms with E-state index in [1.165, 1.54) is 11.6 Å². The molecular weight excluding hydrogens is 630 g/mol. The van der Waals surface area contributed by atoms with E-state index in [-0.39, 0.29) is 11.6 Å². The highest BCUT2D eigenvalue weighted by Gasteiger charge is 2.26. The predicted octanol–water partition coefficient (Wildman–Crippen LogP) is 8.30. The second kappa shape index (κ2) is 14.8. The Kier molecular flexibility index (Phi) is 10.3. The average molecular weight is 670 g/mol. The molecule has 244 valence electrons. The van der Waals surface area contributed by atoms with Gasteiger partial charge in [-0.25, -0.2) is 14.4 Å². The fourth-order valence-electron chi connectivity index (χ4n) is 5.77. The summed E-state index contributed by atoms with van der Waals surface area (Å²) >= 11 is 3.27. The monoisotopic (exact) mass is 669 g/mol. The number of nitrogens with one attached hydrogen (secondary N) is 1. The first-order valence-corrected chi connectivity index (χ1v) is 17.8. The van der Waals surface area contributed by atoms with Crippen LogP contribution < -0.4 is 15.0 Å². The molecule has 0 amide bonds. The van der Waals surface area contributed by atoms with Gasteiger partial charge in [-0.1, -0.05) is 35.3 Å². The van der Waals surface area contributed by atoms with Crippen molar-refractivity contribution in [1.29, 1.82) is 0 Å². The zero-order valence-corrected chi connectivity index (χ0v) is 29.1. The van der Waals surface area contributed by atoms with E-state index >= 15 is 0 Å². The summed E-state index contributed by atoms with van der Waals surface area (Å²) in [5.41, 5.74) is 3.90. The summed E-state index contributed by atoms with van der Waals surface area (Å²) < 4.78 is 21.7. The van der Waals surface area contributed by atoms with E-state index in [0.29, 0.717) is 30.8 Å². The Balaban J connectivity index is 1.03. The molecule has 0 saturated carbocycles. The molecule has 0 spiro atoms. The van der Waals surface area contributed by atoms with Gasteiger partial charge in [0.1, 0.15) is 0 Å². The number of hydrogen-bond acceptors (Lipinski definition) is 10. The minimum Gasteiger partial charge on any atom is -0.491 e. The number of nitrogens with zero attached hydrogens (tertiary/aromatic N) is 6. The van der Waals surface area contributed by atoms with Gasteiger partial charge in [0.2, 0.25) is 0 Å². The molecule has 1 aliphatic rings. The molecule has 0 atom stereocenters. The number of benzene rings is 2. The van der Waals surface area contributed by atoms with Gasteiger partial charge in [0.15, 0.2) is 33.5 Å². The first-order chi connectivity index (χ1) is 22.8. The zero-order valence-electron chi connectivity index (χ0n) is 27.5. The first kappa shape index (κ1) is 32.8. The number of anilines is 4. The fourth-order valence-corrected chi connectivity index (χ4v) is 7.61. The Morgan fingerprint density at radius 1 is 1.09 bits per heavy atom. The van der Waals surface area contributed by atoms with Gasteiger partial charge in [-0.15, -0.1) is 21.5 Å². The summed E-state index contributed by atoms with van der Waals surface area (Å²) in [7, 11) is 0. The molecule has 47 heavy (non-hydrogen) atoms. The molecule has 0 radical (unpaired) electrons. The number of halogens is 1. The third kappa shape index (κ3) is 7.73. The van der Waals surface area contributed by atoms with Crippen LogP contribution in [0.3, 0.4) is 0 Å². The zero-order chi connectivity index (χ0) is 32.9. The highest BCUT2D eigenvalue weighted by molar-refractivity contribution is 7.22. The van der Waals surface area contributed by atoms with Gasteiger partial charge in [-0.3, -0.25) is 4.90 Å². The van der Waals surface area contributed by atoms with Crippen LogP contribution in [0.2, 0.25) is 0 Å². The first-order valence-electron chi connectivity index (χ1n) is 16.1. The van der Waals surface area contributed by atoms with Gasteiger partial charge in [-0.2, -0.15) is 0 Å². The van der Waals surface area contributed by atoms with Crippen LogP contribution in [0, 0.1) is 24.6 Å². The molecular formula is C36H40FN7OS2. The summed E-state index contributed by atoms with van der Waals surface area (Å²) in [6.45, 7) is 12.6. The molecule has 11 heteroatoms. The summed E-state index contributed by atoms with van der Waals surface area (Å²) in [6.07, 6.45) is 5.41. The van der Waals surface area contributed by atoms with Crippen LogP contribution in [0.1, 0.15) is 62.1 Å². The lowest BCUT2D eigenvalue weighted by molar-refractivity contribution is 0.200. The normalized spacial score (nSPS) is 12.9. The molecule has 6 rings (SSSR count). The van der Waals surface area contributed by atoms with Crippen molar-refractivity contribution < 1.29 is 9.13 Å². The lowest BCUT2D eigenvalue weighted by Gasteiger charge is -2.28. The number of para-hydroxylation sites is 1. The topological polar surface area (TPSA) is 79.3 Å². The van der Waals surface area contributed by atoms with Crippen molar-refractivity contribution in [3.8, 4) is 17.6 Å². The Labute approximate surface area is 284 Å². The molecule has 1 aliphatic heterocycles. The van der Waals surface area contributed by atoms with Crippen molar-refractivity contribution in [2.75, 3.05) is 29.9 Å². The fraction of sp³-hybridized carbons (Fsp3) is 0.389. The quantitative estimate of drug-likeness (QED) is 0.111. The lowest BCUT2D eigenvalue weighted by Crippen LogP contribution is -2.37. The number of hydrogen-bond donors (Lipinski definition) is 1. The van der Waals surface area contributed by atoms with Crippen molar-refractivity contribution >= 4 is 54.8 Å². The molecule has 0 saturated heterocycles. The number of fused-ring (bicyclic) bond motifs is 2. The summed E-state index contributed by atoms with van der Waals surface area (Å²) in [5.74, 6) is 7.74. The van der Waals surface area contributed by atoms with E-state index in [2.05, 4.69) is 77.8 Å². The van der Waals surface area contributed by atoms with E-state index in [1.54, 1.807) is 28.7 Å². The number of aryl methyl sites for hydroxylation is 1. The maximum Gasteiger partial charge on any atom is 0.191 e. The van der Waals surface area contributed by atoms with Crippen LogP contribution in [0.5, 0.6) is 5.75 Å². The van der Waals surface area contributed by atoms with Crippen LogP contribution in [0.25, 0.3) is 10.2 Å². The minimum absolute atomic E-state index is 0.252. The molecule has 0 bridgehead atoms. The van der Waals surface area contributed by atoms with E-state index in [0.717, 1.165) is 74.8 Å². The Hall–Kier alpha value is -4.11. The lowest BCUT2D eigenvalue weighted by atomic mass is 10.0. The third-order valence-corrected chi connectivity index (χ3v) is 10.3. The molecule has 5 aromatic rings. The molecule has 3 aromatic heterocycles. The second-order valence-electron chi connectivity index (χ2n) is 12.2. The average Bonchev–Trinajstić information content (AvgIpc) is 3.70. The van der Waals surface area contributed by atoms with Crippen LogP contribution in [0.15, 0.2) is 48.7 Å². The van der Waals surface area contributed by atoms with Crippen LogP contribution >= 0.6 is 22.7 Å². The molecule has 4 heterocycles. The smallest absolute Gasteiger partial charge is 0.191 e. The number of thiazole rings is 2. The number of rotatable bonds is 11. The van der Waals surface area contributed by atoms with Crippen molar-refractivity contribution in [3.05, 3.63) is 76.0 Å². The van der Waals surface area contributed by atoms with Gasteiger partial charge in [0, 0.05) is 46.4 Å². The van der Waals surface area contributed by atoms with Gasteiger partial charge < -0.3 is 15.0 Å². The molecule has 1 N–H and O–H groups in total. The highest BCUT2D eigenvalue weighted by Crippen LogP contribution is 2.38. The maximum absolute atomic E-state index is 14.7. The second-order valence-corrected chi connectivity index (χ2v) is 14.3. The van der Waals surface area contributed by atoms with Crippen molar-refractivity contribution in [3.63, 3.8) is 0 Å². The Bertz CT molecular complexity index is 1870. The summed E-state index contributed by atoms with van der Waals surface area (Å²) in [6, 6.07) is 13.9. The predicted molar refractivity (Wildman–Crippen MR) is 191 cm³/mol. The maximum atomic E-state index is 14.7. The van der Waals surface area contributed by atoms with E-state index in [9.17, 15) is 4.39 Å². The minimum atomic E-state index is -0.389. The van der Waals surface area contributed by atoms with Crippen molar-refractivity contribution in [2.24, 2.45) is 0 Å². The van der Waals surface area contributed by atoms with Gasteiger partial charge >= 0.3 is 0 Å². The molecule has 0 fully saturated rings.